The molecule has 0 atom stereocenters. The predicted molar refractivity (Wildman–Crippen MR) is 133 cm³/mol. The Balaban J connectivity index is 0.00000408. The number of ketones is 1. The SMILES string of the molecule is CC(C)NCC(=O)c1ccc(OC(=O)Cc2ccccc2)c(OC(=O)Cc2ccccc2)c1.Cl. The van der Waals surface area contributed by atoms with Gasteiger partial charge < -0.3 is 14.8 Å². The Morgan fingerprint density at radius 2 is 1.24 bits per heavy atom. The van der Waals surface area contributed by atoms with E-state index >= 15 is 0 Å². The number of carbonyl (C=O) groups excluding carboxylic acids is 3. The van der Waals surface area contributed by atoms with Crippen LogP contribution in [0.2, 0.25) is 0 Å². The molecule has 0 amide bonds. The number of carbonyl (C=O) groups is 3. The second-order valence-electron chi connectivity index (χ2n) is 7.89. The molecule has 0 unspecified atom stereocenters. The summed E-state index contributed by atoms with van der Waals surface area (Å²) in [6.07, 6.45) is 0.114. The van der Waals surface area contributed by atoms with Crippen molar-refractivity contribution in [2.45, 2.75) is 32.7 Å². The van der Waals surface area contributed by atoms with E-state index in [1.807, 2.05) is 74.5 Å². The number of ether oxygens (including phenoxy) is 2. The third-order valence-electron chi connectivity index (χ3n) is 4.77. The van der Waals surface area contributed by atoms with E-state index in [2.05, 4.69) is 5.32 Å². The largest absolute Gasteiger partial charge is 0.422 e. The maximum atomic E-state index is 12.5. The van der Waals surface area contributed by atoms with Crippen LogP contribution in [0.25, 0.3) is 0 Å². The molecule has 6 nitrogen and oxygen atoms in total. The predicted octanol–water partition coefficient (Wildman–Crippen LogP) is 4.59. The molecular formula is C27H28ClNO5. The summed E-state index contributed by atoms with van der Waals surface area (Å²) >= 11 is 0. The maximum Gasteiger partial charge on any atom is 0.315 e. The van der Waals surface area contributed by atoms with E-state index in [9.17, 15) is 14.4 Å². The van der Waals surface area contributed by atoms with Crippen molar-refractivity contribution in [1.29, 1.82) is 0 Å². The van der Waals surface area contributed by atoms with Gasteiger partial charge in [0.2, 0.25) is 0 Å². The summed E-state index contributed by atoms with van der Waals surface area (Å²) < 4.78 is 11.0. The van der Waals surface area contributed by atoms with Crippen LogP contribution in [0, 0.1) is 0 Å². The minimum atomic E-state index is -0.522. The zero-order chi connectivity index (χ0) is 23.6. The Labute approximate surface area is 205 Å². The highest BCUT2D eigenvalue weighted by atomic mass is 35.5. The van der Waals surface area contributed by atoms with Gasteiger partial charge in [-0.2, -0.15) is 0 Å². The normalized spacial score (nSPS) is 10.3. The molecule has 0 aliphatic carbocycles. The van der Waals surface area contributed by atoms with Crippen LogP contribution in [0.3, 0.4) is 0 Å². The van der Waals surface area contributed by atoms with Gasteiger partial charge in [0.15, 0.2) is 17.3 Å². The van der Waals surface area contributed by atoms with Crippen molar-refractivity contribution >= 4 is 30.1 Å². The summed E-state index contributed by atoms with van der Waals surface area (Å²) in [5.41, 5.74) is 1.95. The fraction of sp³-hybridized carbons (Fsp3) is 0.222. The van der Waals surface area contributed by atoms with Crippen LogP contribution in [-0.4, -0.2) is 30.3 Å². The summed E-state index contributed by atoms with van der Waals surface area (Å²) in [7, 11) is 0. The van der Waals surface area contributed by atoms with E-state index in [4.69, 9.17) is 9.47 Å². The molecule has 7 heteroatoms. The molecule has 3 aromatic rings. The summed E-state index contributed by atoms with van der Waals surface area (Å²) in [5, 5.41) is 3.07. The second-order valence-corrected chi connectivity index (χ2v) is 7.89. The van der Waals surface area contributed by atoms with Gasteiger partial charge in [0.1, 0.15) is 0 Å². The number of rotatable bonds is 10. The van der Waals surface area contributed by atoms with Gasteiger partial charge in [-0.3, -0.25) is 14.4 Å². The van der Waals surface area contributed by atoms with Gasteiger partial charge in [0.05, 0.1) is 19.4 Å². The standard InChI is InChI=1S/C27H27NO5.ClH/c1-19(2)28-18-23(29)22-13-14-24(32-26(30)15-20-9-5-3-6-10-20)25(17-22)33-27(31)16-21-11-7-4-8-12-21;/h3-14,17,19,28H,15-16,18H2,1-2H3;1H. The minimum Gasteiger partial charge on any atom is -0.422 e. The van der Waals surface area contributed by atoms with E-state index in [1.165, 1.54) is 12.1 Å². The van der Waals surface area contributed by atoms with Crippen molar-refractivity contribution in [2.75, 3.05) is 6.54 Å². The molecule has 0 bridgehead atoms. The molecule has 0 heterocycles. The zero-order valence-electron chi connectivity index (χ0n) is 19.2. The van der Waals surface area contributed by atoms with Crippen LogP contribution < -0.4 is 14.8 Å². The van der Waals surface area contributed by atoms with Crippen LogP contribution in [-0.2, 0) is 22.4 Å². The van der Waals surface area contributed by atoms with Crippen LogP contribution in [0.5, 0.6) is 11.5 Å². The average Bonchev–Trinajstić information content (AvgIpc) is 2.79. The Morgan fingerprint density at radius 3 is 1.74 bits per heavy atom. The highest BCUT2D eigenvalue weighted by Crippen LogP contribution is 2.29. The summed E-state index contributed by atoms with van der Waals surface area (Å²) in [6.45, 7) is 4.03. The number of hydrogen-bond acceptors (Lipinski definition) is 6. The zero-order valence-corrected chi connectivity index (χ0v) is 20.0. The molecule has 178 valence electrons. The monoisotopic (exact) mass is 481 g/mol. The Morgan fingerprint density at radius 1 is 0.735 bits per heavy atom. The van der Waals surface area contributed by atoms with Gasteiger partial charge in [0.25, 0.3) is 0 Å². The number of Topliss-reactive ketones (excluding diaryl/α,β-unsaturated/α-hetero) is 1. The van der Waals surface area contributed by atoms with Gasteiger partial charge in [-0.1, -0.05) is 74.5 Å². The molecular weight excluding hydrogens is 454 g/mol. The highest BCUT2D eigenvalue weighted by Gasteiger charge is 2.18. The fourth-order valence-corrected chi connectivity index (χ4v) is 3.09. The van der Waals surface area contributed by atoms with Gasteiger partial charge in [0, 0.05) is 11.6 Å². The van der Waals surface area contributed by atoms with E-state index < -0.39 is 11.9 Å². The van der Waals surface area contributed by atoms with Crippen molar-refractivity contribution in [2.24, 2.45) is 0 Å². The second kappa shape index (κ2) is 13.3. The molecule has 0 fully saturated rings. The number of esters is 2. The molecule has 34 heavy (non-hydrogen) atoms. The van der Waals surface area contributed by atoms with E-state index in [0.717, 1.165) is 11.1 Å². The molecule has 0 saturated heterocycles. The first-order valence-corrected chi connectivity index (χ1v) is 10.8. The first-order chi connectivity index (χ1) is 15.9. The van der Waals surface area contributed by atoms with E-state index in [-0.39, 0.29) is 55.1 Å². The Kier molecular flexibility index (Phi) is 10.5. The first-order valence-electron chi connectivity index (χ1n) is 10.8. The highest BCUT2D eigenvalue weighted by molar-refractivity contribution is 5.98. The van der Waals surface area contributed by atoms with Gasteiger partial charge in [-0.05, 0) is 29.3 Å². The molecule has 0 saturated carbocycles. The summed E-state index contributed by atoms with van der Waals surface area (Å²) in [6, 6.07) is 23.0. The van der Waals surface area contributed by atoms with Crippen molar-refractivity contribution in [3.8, 4) is 11.5 Å². The molecule has 0 spiro atoms. The molecule has 0 aliphatic heterocycles. The topological polar surface area (TPSA) is 81.7 Å². The van der Waals surface area contributed by atoms with Crippen LogP contribution in [0.1, 0.15) is 35.3 Å². The molecule has 0 aromatic heterocycles. The van der Waals surface area contributed by atoms with E-state index in [1.54, 1.807) is 6.07 Å². The number of hydrogen-bond donors (Lipinski definition) is 1. The van der Waals surface area contributed by atoms with Crippen LogP contribution in [0.15, 0.2) is 78.9 Å². The van der Waals surface area contributed by atoms with Crippen LogP contribution in [0.4, 0.5) is 0 Å². The Hall–Kier alpha value is -3.48. The quantitative estimate of drug-likeness (QED) is 0.259. The molecule has 1 N–H and O–H groups in total. The third-order valence-corrected chi connectivity index (χ3v) is 4.77. The average molecular weight is 482 g/mol. The van der Waals surface area contributed by atoms with Gasteiger partial charge in [-0.15, -0.1) is 12.4 Å². The van der Waals surface area contributed by atoms with Crippen molar-refractivity contribution in [1.82, 2.24) is 5.32 Å². The number of nitrogens with one attached hydrogen (secondary N) is 1. The fourth-order valence-electron chi connectivity index (χ4n) is 3.09. The summed E-state index contributed by atoms with van der Waals surface area (Å²) in [5.74, 6) is -1.06. The lowest BCUT2D eigenvalue weighted by molar-refractivity contribution is -0.136. The van der Waals surface area contributed by atoms with Crippen molar-refractivity contribution in [3.05, 3.63) is 95.6 Å². The maximum absolute atomic E-state index is 12.5. The Bertz CT molecular complexity index is 1100. The van der Waals surface area contributed by atoms with Gasteiger partial charge in [-0.25, -0.2) is 0 Å². The lowest BCUT2D eigenvalue weighted by Crippen LogP contribution is -2.29. The van der Waals surface area contributed by atoms with Crippen molar-refractivity contribution < 1.29 is 23.9 Å². The third kappa shape index (κ3) is 8.46. The lowest BCUT2D eigenvalue weighted by atomic mass is 10.1. The molecule has 0 radical (unpaired) electrons. The lowest BCUT2D eigenvalue weighted by Gasteiger charge is -2.13. The van der Waals surface area contributed by atoms with E-state index in [0.29, 0.717) is 5.56 Å². The molecule has 0 aliphatic rings. The molecule has 3 rings (SSSR count). The van der Waals surface area contributed by atoms with Gasteiger partial charge >= 0.3 is 11.9 Å². The van der Waals surface area contributed by atoms with Crippen LogP contribution >= 0.6 is 12.4 Å². The summed E-state index contributed by atoms with van der Waals surface area (Å²) in [4.78, 5) is 37.6. The minimum absolute atomic E-state index is 0. The number of benzene rings is 3. The number of halogens is 1. The first kappa shape index (κ1) is 26.8. The smallest absolute Gasteiger partial charge is 0.315 e. The van der Waals surface area contributed by atoms with Crippen molar-refractivity contribution in [3.63, 3.8) is 0 Å². The molecule has 3 aromatic carbocycles.